The maximum absolute atomic E-state index is 11.2. The number of nitrogen functional groups attached to an aromatic ring is 1. The normalized spacial score (nSPS) is 16.2. The molecule has 2 rings (SSSR count). The number of carbonyl (C=O) groups is 3. The lowest BCUT2D eigenvalue weighted by Gasteiger charge is -2.25. The monoisotopic (exact) mass is 262 g/mol. The number of imide groups is 1. The molecular weight excluding hydrogens is 248 g/mol. The fraction of sp³-hybridized carbons (Fsp3) is 0.250. The van der Waals surface area contributed by atoms with Crippen LogP contribution in [0.1, 0.15) is 15.9 Å². The van der Waals surface area contributed by atoms with Crippen molar-refractivity contribution in [2.75, 3.05) is 18.8 Å². The molecular formula is C12H14N4O3. The van der Waals surface area contributed by atoms with Crippen molar-refractivity contribution in [2.45, 2.75) is 6.54 Å². The highest BCUT2D eigenvalue weighted by atomic mass is 16.2. The predicted octanol–water partition coefficient (Wildman–Crippen LogP) is -1.17. The first-order valence-corrected chi connectivity index (χ1v) is 5.69. The molecule has 0 bridgehead atoms. The van der Waals surface area contributed by atoms with Gasteiger partial charge >= 0.3 is 0 Å². The van der Waals surface area contributed by atoms with Crippen LogP contribution in [0.5, 0.6) is 0 Å². The number of anilines is 1. The van der Waals surface area contributed by atoms with Crippen LogP contribution in [-0.2, 0) is 16.1 Å². The summed E-state index contributed by atoms with van der Waals surface area (Å²) < 4.78 is 0. The lowest BCUT2D eigenvalue weighted by molar-refractivity contribution is -0.136. The van der Waals surface area contributed by atoms with Gasteiger partial charge in [0.2, 0.25) is 17.7 Å². The van der Waals surface area contributed by atoms with Gasteiger partial charge in [0, 0.05) is 17.8 Å². The number of carbonyl (C=O) groups excluding carboxylic acids is 3. The van der Waals surface area contributed by atoms with Crippen LogP contribution in [-0.4, -0.2) is 35.7 Å². The van der Waals surface area contributed by atoms with E-state index in [2.05, 4.69) is 5.32 Å². The lowest BCUT2D eigenvalue weighted by Crippen LogP contribution is -2.50. The summed E-state index contributed by atoms with van der Waals surface area (Å²) in [5.41, 5.74) is 12.5. The number of primary amides is 1. The third-order valence-corrected chi connectivity index (χ3v) is 2.84. The number of amides is 3. The van der Waals surface area contributed by atoms with Crippen LogP contribution in [0.25, 0.3) is 0 Å². The van der Waals surface area contributed by atoms with E-state index in [0.29, 0.717) is 17.8 Å². The van der Waals surface area contributed by atoms with E-state index in [1.807, 2.05) is 0 Å². The van der Waals surface area contributed by atoms with Gasteiger partial charge in [-0.05, 0) is 17.7 Å². The van der Waals surface area contributed by atoms with Crippen LogP contribution in [0.4, 0.5) is 5.69 Å². The zero-order valence-electron chi connectivity index (χ0n) is 10.2. The summed E-state index contributed by atoms with van der Waals surface area (Å²) in [7, 11) is 0. The van der Waals surface area contributed by atoms with E-state index in [-0.39, 0.29) is 24.9 Å². The number of nitrogens with one attached hydrogen (secondary N) is 1. The highest BCUT2D eigenvalue weighted by Crippen LogP contribution is 2.16. The number of hydrogen-bond donors (Lipinski definition) is 3. The molecule has 0 saturated carbocycles. The molecule has 100 valence electrons. The fourth-order valence-corrected chi connectivity index (χ4v) is 1.94. The molecule has 0 aliphatic carbocycles. The van der Waals surface area contributed by atoms with Gasteiger partial charge in [-0.1, -0.05) is 6.07 Å². The molecule has 0 unspecified atom stereocenters. The molecule has 1 aromatic rings. The van der Waals surface area contributed by atoms with Crippen molar-refractivity contribution in [3.63, 3.8) is 0 Å². The molecule has 1 aliphatic rings. The minimum atomic E-state index is -0.550. The Bertz CT molecular complexity index is 540. The van der Waals surface area contributed by atoms with Crippen molar-refractivity contribution in [3.05, 3.63) is 29.3 Å². The van der Waals surface area contributed by atoms with Crippen molar-refractivity contribution < 1.29 is 14.4 Å². The van der Waals surface area contributed by atoms with Crippen molar-refractivity contribution in [1.82, 2.24) is 10.2 Å². The molecule has 0 atom stereocenters. The van der Waals surface area contributed by atoms with Crippen molar-refractivity contribution in [2.24, 2.45) is 5.73 Å². The highest BCUT2D eigenvalue weighted by Gasteiger charge is 2.22. The average molecular weight is 262 g/mol. The van der Waals surface area contributed by atoms with Gasteiger partial charge in [0.1, 0.15) is 0 Å². The molecule has 1 fully saturated rings. The minimum Gasteiger partial charge on any atom is -0.398 e. The Morgan fingerprint density at radius 3 is 2.42 bits per heavy atom. The van der Waals surface area contributed by atoms with Gasteiger partial charge < -0.3 is 11.5 Å². The molecule has 19 heavy (non-hydrogen) atoms. The summed E-state index contributed by atoms with van der Waals surface area (Å²) in [5.74, 6) is -1.21. The minimum absolute atomic E-state index is 0.142. The van der Waals surface area contributed by atoms with Crippen LogP contribution in [0.3, 0.4) is 0 Å². The SMILES string of the molecule is NC(=O)c1ccc(CN2CC(=O)NC(=O)C2)c(N)c1. The Morgan fingerprint density at radius 2 is 1.89 bits per heavy atom. The number of nitrogens with zero attached hydrogens (tertiary/aromatic N) is 1. The second-order valence-electron chi connectivity index (χ2n) is 4.39. The Hall–Kier alpha value is -2.41. The average Bonchev–Trinajstić information content (AvgIpc) is 2.30. The van der Waals surface area contributed by atoms with E-state index in [1.54, 1.807) is 17.0 Å². The van der Waals surface area contributed by atoms with Gasteiger partial charge in [0.15, 0.2) is 0 Å². The first-order chi connectivity index (χ1) is 8.95. The summed E-state index contributed by atoms with van der Waals surface area (Å²) >= 11 is 0. The lowest BCUT2D eigenvalue weighted by atomic mass is 10.1. The molecule has 1 heterocycles. The van der Waals surface area contributed by atoms with Crippen molar-refractivity contribution >= 4 is 23.4 Å². The topological polar surface area (TPSA) is 119 Å². The largest absolute Gasteiger partial charge is 0.398 e. The van der Waals surface area contributed by atoms with E-state index < -0.39 is 5.91 Å². The smallest absolute Gasteiger partial charge is 0.248 e. The molecule has 5 N–H and O–H groups in total. The third kappa shape index (κ3) is 3.08. The standard InChI is InChI=1S/C12H14N4O3/c13-9-3-7(12(14)19)1-2-8(9)4-16-5-10(17)15-11(18)6-16/h1-3H,4-6,13H2,(H2,14,19)(H,15,17,18). The molecule has 1 aliphatic heterocycles. The maximum Gasteiger partial charge on any atom is 0.248 e. The number of rotatable bonds is 3. The Morgan fingerprint density at radius 1 is 1.26 bits per heavy atom. The predicted molar refractivity (Wildman–Crippen MR) is 67.8 cm³/mol. The van der Waals surface area contributed by atoms with Gasteiger partial charge in [0.25, 0.3) is 0 Å². The first kappa shape index (κ1) is 13.0. The zero-order chi connectivity index (χ0) is 14.0. The van der Waals surface area contributed by atoms with E-state index in [0.717, 1.165) is 5.56 Å². The van der Waals surface area contributed by atoms with Crippen LogP contribution in [0, 0.1) is 0 Å². The van der Waals surface area contributed by atoms with Crippen LogP contribution < -0.4 is 16.8 Å². The van der Waals surface area contributed by atoms with Gasteiger partial charge in [0.05, 0.1) is 13.1 Å². The molecule has 3 amide bonds. The highest BCUT2D eigenvalue weighted by molar-refractivity contribution is 5.99. The Kier molecular flexibility index (Phi) is 3.48. The summed E-state index contributed by atoms with van der Waals surface area (Å²) in [6.45, 7) is 0.648. The first-order valence-electron chi connectivity index (χ1n) is 5.69. The Labute approximate surface area is 109 Å². The van der Waals surface area contributed by atoms with Gasteiger partial charge in [-0.15, -0.1) is 0 Å². The molecule has 1 saturated heterocycles. The third-order valence-electron chi connectivity index (χ3n) is 2.84. The van der Waals surface area contributed by atoms with Gasteiger partial charge in [-0.3, -0.25) is 24.6 Å². The molecule has 1 aromatic carbocycles. The molecule has 7 heteroatoms. The van der Waals surface area contributed by atoms with E-state index >= 15 is 0 Å². The van der Waals surface area contributed by atoms with E-state index in [9.17, 15) is 14.4 Å². The fourth-order valence-electron chi connectivity index (χ4n) is 1.94. The second kappa shape index (κ2) is 5.07. The zero-order valence-corrected chi connectivity index (χ0v) is 10.2. The van der Waals surface area contributed by atoms with Crippen molar-refractivity contribution in [1.29, 1.82) is 0 Å². The second-order valence-corrected chi connectivity index (χ2v) is 4.39. The molecule has 0 spiro atoms. The van der Waals surface area contributed by atoms with Crippen molar-refractivity contribution in [3.8, 4) is 0 Å². The van der Waals surface area contributed by atoms with Crippen LogP contribution in [0.2, 0.25) is 0 Å². The quantitative estimate of drug-likeness (QED) is 0.468. The number of benzene rings is 1. The van der Waals surface area contributed by atoms with Gasteiger partial charge in [-0.25, -0.2) is 0 Å². The van der Waals surface area contributed by atoms with E-state index in [4.69, 9.17) is 11.5 Å². The Balaban J connectivity index is 2.13. The summed E-state index contributed by atoms with van der Waals surface area (Å²) in [6.07, 6.45) is 0. The summed E-state index contributed by atoms with van der Waals surface area (Å²) in [5, 5.41) is 2.22. The number of nitrogens with two attached hydrogens (primary N) is 2. The van der Waals surface area contributed by atoms with Crippen LogP contribution in [0.15, 0.2) is 18.2 Å². The van der Waals surface area contributed by atoms with Crippen LogP contribution >= 0.6 is 0 Å². The molecule has 7 nitrogen and oxygen atoms in total. The van der Waals surface area contributed by atoms with E-state index in [1.165, 1.54) is 6.07 Å². The van der Waals surface area contributed by atoms with Gasteiger partial charge in [-0.2, -0.15) is 0 Å². The molecule has 0 aromatic heterocycles. The summed E-state index contributed by atoms with van der Waals surface area (Å²) in [6, 6.07) is 4.73. The maximum atomic E-state index is 11.2. The molecule has 0 radical (unpaired) electrons. The summed E-state index contributed by atoms with van der Waals surface area (Å²) in [4.78, 5) is 35.1. The number of hydrogen-bond acceptors (Lipinski definition) is 5. The number of piperazine rings is 1.